The second-order valence-electron chi connectivity index (χ2n) is 7.17. The van der Waals surface area contributed by atoms with E-state index >= 15 is 0 Å². The summed E-state index contributed by atoms with van der Waals surface area (Å²) in [5.74, 6) is -0.511. The van der Waals surface area contributed by atoms with Gasteiger partial charge in [-0.25, -0.2) is 8.42 Å². The third-order valence-electron chi connectivity index (χ3n) is 4.78. The molecule has 1 aromatic heterocycles. The fourth-order valence-corrected chi connectivity index (χ4v) is 3.69. The summed E-state index contributed by atoms with van der Waals surface area (Å²) < 4.78 is 28.7. The molecule has 0 aliphatic rings. The fraction of sp³-hybridized carbons (Fsp3) is 0.167. The van der Waals surface area contributed by atoms with Crippen molar-refractivity contribution in [3.8, 4) is 0 Å². The predicted molar refractivity (Wildman–Crippen MR) is 121 cm³/mol. The van der Waals surface area contributed by atoms with Gasteiger partial charge in [-0.05, 0) is 48.4 Å². The van der Waals surface area contributed by atoms with E-state index in [4.69, 9.17) is 4.42 Å². The fourth-order valence-electron chi connectivity index (χ4n) is 3.06. The molecule has 7 nitrogen and oxygen atoms in total. The summed E-state index contributed by atoms with van der Waals surface area (Å²) in [5, 5.41) is 5.55. The van der Waals surface area contributed by atoms with Crippen molar-refractivity contribution in [1.29, 1.82) is 0 Å². The molecule has 0 fully saturated rings. The minimum Gasteiger partial charge on any atom is -0.465 e. The van der Waals surface area contributed by atoms with E-state index in [1.807, 2.05) is 6.92 Å². The third kappa shape index (κ3) is 5.95. The van der Waals surface area contributed by atoms with E-state index in [9.17, 15) is 18.0 Å². The van der Waals surface area contributed by atoms with E-state index in [-0.39, 0.29) is 16.6 Å². The lowest BCUT2D eigenvalue weighted by Crippen LogP contribution is -2.36. The van der Waals surface area contributed by atoms with Gasteiger partial charge in [0, 0.05) is 17.9 Å². The van der Waals surface area contributed by atoms with Crippen LogP contribution in [-0.2, 0) is 14.6 Å². The lowest BCUT2D eigenvalue weighted by Gasteiger charge is -2.19. The molecular weight excluding hydrogens is 428 g/mol. The number of nitrogens with one attached hydrogen (secondary N) is 2. The number of carbonyl (C=O) groups excluding carboxylic acids is 2. The van der Waals surface area contributed by atoms with Gasteiger partial charge in [0.2, 0.25) is 0 Å². The van der Waals surface area contributed by atoms with Crippen molar-refractivity contribution in [3.63, 3.8) is 0 Å². The number of benzene rings is 2. The van der Waals surface area contributed by atoms with E-state index in [0.29, 0.717) is 17.7 Å². The summed E-state index contributed by atoms with van der Waals surface area (Å²) in [4.78, 5) is 25.9. The van der Waals surface area contributed by atoms with Crippen LogP contribution in [-0.4, -0.2) is 26.5 Å². The number of furan rings is 1. The zero-order valence-corrected chi connectivity index (χ0v) is 18.6. The van der Waals surface area contributed by atoms with Crippen molar-refractivity contribution in [3.05, 3.63) is 95.6 Å². The highest BCUT2D eigenvalue weighted by molar-refractivity contribution is 7.90. The van der Waals surface area contributed by atoms with Crippen molar-refractivity contribution >= 4 is 27.7 Å². The van der Waals surface area contributed by atoms with Crippen LogP contribution in [0, 0.1) is 0 Å². The summed E-state index contributed by atoms with van der Waals surface area (Å²) in [7, 11) is -3.31. The molecule has 3 aromatic rings. The van der Waals surface area contributed by atoms with Gasteiger partial charge in [0.05, 0.1) is 17.2 Å². The maximum Gasteiger partial charge on any atom is 0.268 e. The summed E-state index contributed by atoms with van der Waals surface area (Å²) in [6.45, 7) is 1.90. The van der Waals surface area contributed by atoms with Gasteiger partial charge in [0.25, 0.3) is 11.8 Å². The lowest BCUT2D eigenvalue weighted by molar-refractivity contribution is -0.118. The number of hydrogen-bond donors (Lipinski definition) is 2. The highest BCUT2D eigenvalue weighted by Gasteiger charge is 2.20. The van der Waals surface area contributed by atoms with Crippen LogP contribution < -0.4 is 10.6 Å². The number of carbonyl (C=O) groups is 2. The molecule has 2 N–H and O–H groups in total. The first-order valence-corrected chi connectivity index (χ1v) is 11.9. The minimum absolute atomic E-state index is 0.0278. The van der Waals surface area contributed by atoms with Crippen LogP contribution in [0.4, 0.5) is 0 Å². The summed E-state index contributed by atoms with van der Waals surface area (Å²) in [6, 6.07) is 17.9. The Morgan fingerprint density at radius 2 is 1.69 bits per heavy atom. The second kappa shape index (κ2) is 10.1. The maximum atomic E-state index is 13.1. The molecule has 1 atom stereocenters. The molecule has 166 valence electrons. The lowest BCUT2D eigenvalue weighted by atomic mass is 10.0. The molecule has 32 heavy (non-hydrogen) atoms. The third-order valence-corrected chi connectivity index (χ3v) is 5.91. The summed E-state index contributed by atoms with van der Waals surface area (Å²) >= 11 is 0. The molecule has 0 aliphatic heterocycles. The molecule has 3 rings (SSSR count). The topological polar surface area (TPSA) is 105 Å². The largest absolute Gasteiger partial charge is 0.465 e. The van der Waals surface area contributed by atoms with Gasteiger partial charge in [0.15, 0.2) is 9.84 Å². The molecule has 0 radical (unpaired) electrons. The Morgan fingerprint density at radius 3 is 2.25 bits per heavy atom. The molecular formula is C24H24N2O5S. The van der Waals surface area contributed by atoms with E-state index in [1.54, 1.807) is 54.6 Å². The van der Waals surface area contributed by atoms with Gasteiger partial charge < -0.3 is 15.1 Å². The molecule has 0 aliphatic carbocycles. The van der Waals surface area contributed by atoms with Crippen LogP contribution in [0.1, 0.15) is 41.1 Å². The van der Waals surface area contributed by atoms with E-state index in [2.05, 4.69) is 10.6 Å². The van der Waals surface area contributed by atoms with Crippen molar-refractivity contribution in [1.82, 2.24) is 10.6 Å². The number of amides is 2. The Balaban J connectivity index is 1.83. The Labute approximate surface area is 187 Å². The SMILES string of the molecule is CC[C@H](NC(=O)/C(=C/c1ccco1)NC(=O)c1ccccc1)c1ccc(S(C)(=O)=O)cc1. The second-order valence-corrected chi connectivity index (χ2v) is 9.18. The van der Waals surface area contributed by atoms with Gasteiger partial charge in [-0.2, -0.15) is 0 Å². The molecule has 0 bridgehead atoms. The van der Waals surface area contributed by atoms with Crippen LogP contribution in [0.5, 0.6) is 0 Å². The van der Waals surface area contributed by atoms with E-state index < -0.39 is 21.7 Å². The average Bonchev–Trinajstić information content (AvgIpc) is 3.30. The first kappa shape index (κ1) is 23.0. The average molecular weight is 453 g/mol. The van der Waals surface area contributed by atoms with Gasteiger partial charge in [-0.3, -0.25) is 9.59 Å². The molecule has 0 unspecified atom stereocenters. The van der Waals surface area contributed by atoms with Crippen molar-refractivity contribution in [2.24, 2.45) is 0 Å². The van der Waals surface area contributed by atoms with Crippen LogP contribution in [0.3, 0.4) is 0 Å². The number of sulfone groups is 1. The molecule has 1 heterocycles. The molecule has 8 heteroatoms. The number of hydrogen-bond acceptors (Lipinski definition) is 5. The van der Waals surface area contributed by atoms with Crippen molar-refractivity contribution in [2.75, 3.05) is 6.26 Å². The standard InChI is InChI=1S/C24H24N2O5S/c1-3-21(17-11-13-20(14-12-17)32(2,29)30)25-24(28)22(16-19-10-7-15-31-19)26-23(27)18-8-5-4-6-9-18/h4-16,21H,3H2,1-2H3,(H,25,28)(H,26,27)/b22-16-/t21-/m0/s1. The van der Waals surface area contributed by atoms with Crippen LogP contribution in [0.2, 0.25) is 0 Å². The van der Waals surface area contributed by atoms with Crippen LogP contribution in [0.25, 0.3) is 6.08 Å². The van der Waals surface area contributed by atoms with Gasteiger partial charge >= 0.3 is 0 Å². The molecule has 2 aromatic carbocycles. The van der Waals surface area contributed by atoms with Crippen LogP contribution >= 0.6 is 0 Å². The highest BCUT2D eigenvalue weighted by atomic mass is 32.2. The molecule has 0 saturated carbocycles. The molecule has 0 saturated heterocycles. The molecule has 2 amide bonds. The Kier molecular flexibility index (Phi) is 7.27. The first-order chi connectivity index (χ1) is 15.3. The Morgan fingerprint density at radius 1 is 1.00 bits per heavy atom. The van der Waals surface area contributed by atoms with Gasteiger partial charge in [0.1, 0.15) is 11.5 Å². The Bertz CT molecular complexity index is 1200. The zero-order chi connectivity index (χ0) is 23.1. The van der Waals surface area contributed by atoms with Gasteiger partial charge in [-0.15, -0.1) is 0 Å². The van der Waals surface area contributed by atoms with E-state index in [0.717, 1.165) is 11.8 Å². The quantitative estimate of drug-likeness (QED) is 0.507. The van der Waals surface area contributed by atoms with Gasteiger partial charge in [-0.1, -0.05) is 37.3 Å². The smallest absolute Gasteiger partial charge is 0.268 e. The summed E-state index contributed by atoms with van der Waals surface area (Å²) in [6.07, 6.45) is 4.63. The monoisotopic (exact) mass is 452 g/mol. The maximum absolute atomic E-state index is 13.1. The van der Waals surface area contributed by atoms with E-state index in [1.165, 1.54) is 24.5 Å². The van der Waals surface area contributed by atoms with Crippen molar-refractivity contribution < 1.29 is 22.4 Å². The zero-order valence-electron chi connectivity index (χ0n) is 17.7. The normalized spacial score (nSPS) is 12.8. The van der Waals surface area contributed by atoms with Crippen LogP contribution in [0.15, 0.2) is 88.0 Å². The first-order valence-electron chi connectivity index (χ1n) is 10.0. The summed E-state index contributed by atoms with van der Waals surface area (Å²) in [5.41, 5.74) is 1.19. The predicted octanol–water partition coefficient (Wildman–Crippen LogP) is 3.72. The molecule has 0 spiro atoms. The highest BCUT2D eigenvalue weighted by Crippen LogP contribution is 2.20. The van der Waals surface area contributed by atoms with Crippen molar-refractivity contribution in [2.45, 2.75) is 24.3 Å². The minimum atomic E-state index is -3.31. The number of rotatable bonds is 8. The Hall–Kier alpha value is -3.65.